The SMILES string of the molecule is COC(=O)c1ccc(NS(=O)(=O)c2cc(C(=O)OC)ccc2C(=O)OC)cc1. The molecule has 10 heteroatoms. The number of carbonyl (C=O) groups is 3. The molecule has 0 saturated heterocycles. The first-order valence-electron chi connectivity index (χ1n) is 7.75. The van der Waals surface area contributed by atoms with Gasteiger partial charge in [0.15, 0.2) is 0 Å². The number of hydrogen-bond acceptors (Lipinski definition) is 8. The maximum atomic E-state index is 12.8. The van der Waals surface area contributed by atoms with Gasteiger partial charge in [-0.3, -0.25) is 4.72 Å². The van der Waals surface area contributed by atoms with Crippen molar-refractivity contribution < 1.29 is 37.0 Å². The Morgan fingerprint density at radius 1 is 0.750 bits per heavy atom. The average Bonchev–Trinajstić information content (AvgIpc) is 2.71. The number of nitrogens with one attached hydrogen (secondary N) is 1. The number of anilines is 1. The summed E-state index contributed by atoms with van der Waals surface area (Å²) >= 11 is 0. The Balaban J connectivity index is 2.46. The normalized spacial score (nSPS) is 10.7. The minimum atomic E-state index is -4.28. The Bertz CT molecular complexity index is 1010. The van der Waals surface area contributed by atoms with Crippen LogP contribution in [0, 0.1) is 0 Å². The summed E-state index contributed by atoms with van der Waals surface area (Å²) in [6, 6.07) is 8.88. The van der Waals surface area contributed by atoms with Crippen molar-refractivity contribution in [3.05, 3.63) is 59.2 Å². The molecule has 0 bridgehead atoms. The topological polar surface area (TPSA) is 125 Å². The van der Waals surface area contributed by atoms with Crippen molar-refractivity contribution in [2.45, 2.75) is 4.90 Å². The Morgan fingerprint density at radius 2 is 1.25 bits per heavy atom. The van der Waals surface area contributed by atoms with Gasteiger partial charge in [0.2, 0.25) is 0 Å². The monoisotopic (exact) mass is 407 g/mol. The highest BCUT2D eigenvalue weighted by Crippen LogP contribution is 2.23. The van der Waals surface area contributed by atoms with Gasteiger partial charge < -0.3 is 14.2 Å². The first-order chi connectivity index (χ1) is 13.2. The van der Waals surface area contributed by atoms with E-state index in [0.29, 0.717) is 0 Å². The van der Waals surface area contributed by atoms with E-state index in [0.717, 1.165) is 26.4 Å². The van der Waals surface area contributed by atoms with Crippen molar-refractivity contribution >= 4 is 33.6 Å². The van der Waals surface area contributed by atoms with E-state index in [4.69, 9.17) is 0 Å². The lowest BCUT2D eigenvalue weighted by molar-refractivity contribution is 0.0583. The fourth-order valence-electron chi connectivity index (χ4n) is 2.27. The van der Waals surface area contributed by atoms with Crippen LogP contribution >= 0.6 is 0 Å². The first-order valence-corrected chi connectivity index (χ1v) is 9.23. The van der Waals surface area contributed by atoms with Gasteiger partial charge in [-0.25, -0.2) is 22.8 Å². The molecule has 148 valence electrons. The van der Waals surface area contributed by atoms with Crippen LogP contribution in [0.25, 0.3) is 0 Å². The second-order valence-corrected chi connectivity index (χ2v) is 7.02. The lowest BCUT2D eigenvalue weighted by atomic mass is 10.1. The molecule has 28 heavy (non-hydrogen) atoms. The minimum Gasteiger partial charge on any atom is -0.465 e. The highest BCUT2D eigenvalue weighted by atomic mass is 32.2. The molecular formula is C18H17NO8S. The first kappa shape index (κ1) is 20.9. The minimum absolute atomic E-state index is 0.0587. The molecule has 0 fully saturated rings. The Morgan fingerprint density at radius 3 is 1.79 bits per heavy atom. The zero-order chi connectivity index (χ0) is 20.9. The van der Waals surface area contributed by atoms with Gasteiger partial charge in [0.05, 0.1) is 38.0 Å². The second-order valence-electron chi connectivity index (χ2n) is 5.37. The third-order valence-electron chi connectivity index (χ3n) is 3.66. The number of hydrogen-bond donors (Lipinski definition) is 1. The zero-order valence-electron chi connectivity index (χ0n) is 15.2. The summed E-state index contributed by atoms with van der Waals surface area (Å²) in [7, 11) is -0.805. The van der Waals surface area contributed by atoms with E-state index in [1.54, 1.807) is 0 Å². The summed E-state index contributed by atoms with van der Waals surface area (Å²) in [6.45, 7) is 0. The largest absolute Gasteiger partial charge is 0.465 e. The molecule has 2 aromatic rings. The molecule has 9 nitrogen and oxygen atoms in total. The highest BCUT2D eigenvalue weighted by molar-refractivity contribution is 7.92. The van der Waals surface area contributed by atoms with Crippen molar-refractivity contribution in [1.82, 2.24) is 0 Å². The predicted octanol–water partition coefficient (Wildman–Crippen LogP) is 1.85. The molecule has 0 saturated carbocycles. The van der Waals surface area contributed by atoms with Crippen LogP contribution in [-0.2, 0) is 24.2 Å². The molecule has 2 aromatic carbocycles. The Labute approximate surface area is 161 Å². The van der Waals surface area contributed by atoms with Crippen molar-refractivity contribution in [2.24, 2.45) is 0 Å². The summed E-state index contributed by atoms with van der Waals surface area (Å²) in [5.41, 5.74) is 0.0470. The predicted molar refractivity (Wildman–Crippen MR) is 97.7 cm³/mol. The summed E-state index contributed by atoms with van der Waals surface area (Å²) in [5, 5.41) is 0. The second kappa shape index (κ2) is 8.53. The van der Waals surface area contributed by atoms with E-state index >= 15 is 0 Å². The maximum absolute atomic E-state index is 12.8. The number of ether oxygens (including phenoxy) is 3. The number of sulfonamides is 1. The Kier molecular flexibility index (Phi) is 6.37. The number of carbonyl (C=O) groups excluding carboxylic acids is 3. The lowest BCUT2D eigenvalue weighted by Gasteiger charge is -2.13. The lowest BCUT2D eigenvalue weighted by Crippen LogP contribution is -2.19. The number of esters is 3. The zero-order valence-corrected chi connectivity index (χ0v) is 16.0. The van der Waals surface area contributed by atoms with E-state index < -0.39 is 32.8 Å². The summed E-state index contributed by atoms with van der Waals surface area (Å²) in [4.78, 5) is 34.7. The van der Waals surface area contributed by atoms with Gasteiger partial charge in [-0.05, 0) is 42.5 Å². The van der Waals surface area contributed by atoms with Crippen LogP contribution in [0.4, 0.5) is 5.69 Å². The molecule has 0 spiro atoms. The van der Waals surface area contributed by atoms with Gasteiger partial charge in [-0.2, -0.15) is 0 Å². The van der Waals surface area contributed by atoms with E-state index in [9.17, 15) is 22.8 Å². The van der Waals surface area contributed by atoms with Crippen molar-refractivity contribution in [1.29, 1.82) is 0 Å². The quantitative estimate of drug-likeness (QED) is 0.568. The third kappa shape index (κ3) is 4.46. The van der Waals surface area contributed by atoms with Crippen molar-refractivity contribution in [3.8, 4) is 0 Å². The molecule has 1 N–H and O–H groups in total. The number of rotatable bonds is 6. The van der Waals surface area contributed by atoms with Crippen LogP contribution in [0.3, 0.4) is 0 Å². The van der Waals surface area contributed by atoms with Gasteiger partial charge >= 0.3 is 17.9 Å². The third-order valence-corrected chi connectivity index (χ3v) is 5.08. The van der Waals surface area contributed by atoms with Crippen LogP contribution in [0.5, 0.6) is 0 Å². The Hall–Kier alpha value is -3.40. The summed E-state index contributed by atoms with van der Waals surface area (Å²) < 4.78 is 41.7. The molecule has 0 aliphatic heterocycles. The smallest absolute Gasteiger partial charge is 0.339 e. The van der Waals surface area contributed by atoms with Crippen molar-refractivity contribution in [2.75, 3.05) is 26.1 Å². The standard InChI is InChI=1S/C18H17NO8S/c1-25-16(20)11-4-7-13(8-5-11)19-28(23,24)15-10-12(17(21)26-2)6-9-14(15)18(22)27-3/h4-10,19H,1-3H3. The summed E-state index contributed by atoms with van der Waals surface area (Å²) in [6.07, 6.45) is 0. The van der Waals surface area contributed by atoms with Crippen LogP contribution in [-0.4, -0.2) is 47.7 Å². The van der Waals surface area contributed by atoms with Gasteiger partial charge in [0.25, 0.3) is 10.0 Å². The van der Waals surface area contributed by atoms with Crippen LogP contribution in [0.2, 0.25) is 0 Å². The number of benzene rings is 2. The molecule has 0 radical (unpaired) electrons. The molecule has 0 atom stereocenters. The molecule has 0 heterocycles. The fraction of sp³-hybridized carbons (Fsp3) is 0.167. The maximum Gasteiger partial charge on any atom is 0.339 e. The van der Waals surface area contributed by atoms with E-state index in [1.165, 1.54) is 37.4 Å². The molecular weight excluding hydrogens is 390 g/mol. The van der Waals surface area contributed by atoms with E-state index in [-0.39, 0.29) is 22.4 Å². The van der Waals surface area contributed by atoms with Gasteiger partial charge in [0, 0.05) is 5.69 Å². The molecule has 0 aliphatic carbocycles. The van der Waals surface area contributed by atoms with Crippen LogP contribution in [0.15, 0.2) is 47.4 Å². The van der Waals surface area contributed by atoms with E-state index in [2.05, 4.69) is 18.9 Å². The van der Waals surface area contributed by atoms with Crippen LogP contribution in [0.1, 0.15) is 31.1 Å². The van der Waals surface area contributed by atoms with Crippen LogP contribution < -0.4 is 4.72 Å². The summed E-state index contributed by atoms with van der Waals surface area (Å²) in [5.74, 6) is -2.23. The van der Waals surface area contributed by atoms with Gasteiger partial charge in [0.1, 0.15) is 4.90 Å². The average molecular weight is 407 g/mol. The molecule has 0 aromatic heterocycles. The molecule has 0 aliphatic rings. The highest BCUT2D eigenvalue weighted by Gasteiger charge is 2.25. The van der Waals surface area contributed by atoms with Crippen molar-refractivity contribution in [3.63, 3.8) is 0 Å². The fourth-order valence-corrected chi connectivity index (χ4v) is 3.55. The molecule has 0 amide bonds. The van der Waals surface area contributed by atoms with Gasteiger partial charge in [-0.1, -0.05) is 0 Å². The molecule has 0 unspecified atom stereocenters. The number of methoxy groups -OCH3 is 3. The van der Waals surface area contributed by atoms with E-state index in [1.807, 2.05) is 0 Å². The molecule has 2 rings (SSSR count). The van der Waals surface area contributed by atoms with Gasteiger partial charge in [-0.15, -0.1) is 0 Å².